The summed E-state index contributed by atoms with van der Waals surface area (Å²) in [6.45, 7) is 9.41. The van der Waals surface area contributed by atoms with Crippen molar-refractivity contribution in [1.29, 1.82) is 0 Å². The van der Waals surface area contributed by atoms with Gasteiger partial charge in [0.05, 0.1) is 24.6 Å². The molecule has 0 aliphatic rings. The lowest BCUT2D eigenvalue weighted by atomic mass is 10.3. The van der Waals surface area contributed by atoms with Crippen molar-refractivity contribution >= 4 is 14.6 Å². The lowest BCUT2D eigenvalue weighted by Crippen LogP contribution is -2.07. The molecular weight excluding hydrogens is 186 g/mol. The van der Waals surface area contributed by atoms with Gasteiger partial charge in [0.15, 0.2) is 0 Å². The lowest BCUT2D eigenvalue weighted by molar-refractivity contribution is 0.278. The van der Waals surface area contributed by atoms with Gasteiger partial charge < -0.3 is 15.1 Å². The Labute approximate surface area is 82.7 Å². The standard InChI is InChI=1S/C8H20P.BH3O3/c1-5-9(6-2,7-3)8-4;2-1(3)4/h5-8H2,1-4H3;2-4H/q+1;. The fourth-order valence-corrected chi connectivity index (χ4v) is 4.02. The van der Waals surface area contributed by atoms with Crippen LogP contribution < -0.4 is 0 Å². The molecule has 0 aromatic heterocycles. The van der Waals surface area contributed by atoms with Crippen molar-refractivity contribution in [1.82, 2.24) is 0 Å². The largest absolute Gasteiger partial charge is 0.631 e. The van der Waals surface area contributed by atoms with E-state index in [2.05, 4.69) is 27.7 Å². The summed E-state index contributed by atoms with van der Waals surface area (Å²) in [5.41, 5.74) is 0. The van der Waals surface area contributed by atoms with E-state index in [1.165, 1.54) is 24.6 Å². The average Bonchev–Trinajstić information content (AvgIpc) is 2.09. The molecule has 0 aromatic carbocycles. The van der Waals surface area contributed by atoms with Crippen molar-refractivity contribution in [2.24, 2.45) is 0 Å². The predicted molar refractivity (Wildman–Crippen MR) is 61.5 cm³/mol. The first-order chi connectivity index (χ1) is 5.97. The first kappa shape index (κ1) is 15.8. The van der Waals surface area contributed by atoms with Gasteiger partial charge in [-0.05, 0) is 27.7 Å². The van der Waals surface area contributed by atoms with Gasteiger partial charge in [-0.1, -0.05) is 0 Å². The molecule has 0 saturated heterocycles. The zero-order valence-corrected chi connectivity index (χ0v) is 10.1. The van der Waals surface area contributed by atoms with Crippen molar-refractivity contribution in [3.05, 3.63) is 0 Å². The van der Waals surface area contributed by atoms with E-state index in [1.807, 2.05) is 0 Å². The van der Waals surface area contributed by atoms with E-state index < -0.39 is 14.6 Å². The van der Waals surface area contributed by atoms with Crippen LogP contribution in [0.2, 0.25) is 0 Å². The molecule has 0 atom stereocenters. The Morgan fingerprint density at radius 1 is 0.769 bits per heavy atom. The van der Waals surface area contributed by atoms with Gasteiger partial charge in [-0.25, -0.2) is 0 Å². The fourth-order valence-electron chi connectivity index (χ4n) is 1.34. The topological polar surface area (TPSA) is 60.7 Å². The van der Waals surface area contributed by atoms with Gasteiger partial charge in [0.2, 0.25) is 0 Å². The Bertz CT molecular complexity index is 87.3. The average molecular weight is 209 g/mol. The number of rotatable bonds is 4. The Hall–Kier alpha value is 0.375. The lowest BCUT2D eigenvalue weighted by Gasteiger charge is -2.20. The molecule has 0 rings (SSSR count). The van der Waals surface area contributed by atoms with Crippen molar-refractivity contribution in [3.63, 3.8) is 0 Å². The molecule has 0 fully saturated rings. The molecule has 0 aliphatic carbocycles. The highest BCUT2D eigenvalue weighted by molar-refractivity contribution is 7.75. The van der Waals surface area contributed by atoms with E-state index in [4.69, 9.17) is 15.1 Å². The van der Waals surface area contributed by atoms with E-state index in [-0.39, 0.29) is 0 Å². The zero-order chi connectivity index (χ0) is 10.9. The van der Waals surface area contributed by atoms with Crippen LogP contribution in [0.1, 0.15) is 27.7 Å². The maximum atomic E-state index is 7.17. The highest BCUT2D eigenvalue weighted by atomic mass is 31.2. The van der Waals surface area contributed by atoms with Gasteiger partial charge in [-0.2, -0.15) is 0 Å². The smallest absolute Gasteiger partial charge is 0.402 e. The van der Waals surface area contributed by atoms with E-state index in [0.717, 1.165) is 0 Å². The van der Waals surface area contributed by atoms with Crippen LogP contribution in [0.25, 0.3) is 0 Å². The minimum atomic E-state index is -2.17. The molecule has 3 N–H and O–H groups in total. The third kappa shape index (κ3) is 8.70. The van der Waals surface area contributed by atoms with Crippen LogP contribution in [0.3, 0.4) is 0 Å². The summed E-state index contributed by atoms with van der Waals surface area (Å²) in [6.07, 6.45) is 5.82. The second-order valence-corrected chi connectivity index (χ2v) is 8.17. The summed E-state index contributed by atoms with van der Waals surface area (Å²) in [4.78, 5) is 0. The normalized spacial score (nSPS) is 10.4. The molecule has 0 radical (unpaired) electrons. The van der Waals surface area contributed by atoms with Gasteiger partial charge in [0.1, 0.15) is 0 Å². The maximum absolute atomic E-state index is 7.17. The molecular formula is C8H23BO3P+. The second kappa shape index (κ2) is 8.95. The minimum Gasteiger partial charge on any atom is -0.402 e. The third-order valence-corrected chi connectivity index (χ3v) is 8.05. The van der Waals surface area contributed by atoms with Crippen LogP contribution in [0.15, 0.2) is 0 Å². The van der Waals surface area contributed by atoms with Crippen LogP contribution in [-0.2, 0) is 0 Å². The SMILES string of the molecule is CC[P+](CC)(CC)CC.OB(O)O. The molecule has 0 unspecified atom stereocenters. The molecule has 3 nitrogen and oxygen atoms in total. The molecule has 13 heavy (non-hydrogen) atoms. The second-order valence-electron chi connectivity index (χ2n) is 2.95. The van der Waals surface area contributed by atoms with Gasteiger partial charge >= 0.3 is 7.32 Å². The number of hydrogen-bond acceptors (Lipinski definition) is 3. The summed E-state index contributed by atoms with van der Waals surface area (Å²) >= 11 is 0. The van der Waals surface area contributed by atoms with E-state index >= 15 is 0 Å². The number of hydrogen-bond donors (Lipinski definition) is 3. The molecule has 0 spiro atoms. The summed E-state index contributed by atoms with van der Waals surface area (Å²) in [7, 11) is -2.59. The van der Waals surface area contributed by atoms with Crippen molar-refractivity contribution in [3.8, 4) is 0 Å². The monoisotopic (exact) mass is 209 g/mol. The summed E-state index contributed by atoms with van der Waals surface area (Å²) in [5.74, 6) is 0. The molecule has 80 valence electrons. The molecule has 5 heteroatoms. The fraction of sp³-hybridized carbons (Fsp3) is 1.00. The highest BCUT2D eigenvalue weighted by Gasteiger charge is 2.27. The van der Waals surface area contributed by atoms with Gasteiger partial charge in [-0.15, -0.1) is 0 Å². The van der Waals surface area contributed by atoms with Crippen LogP contribution in [0.4, 0.5) is 0 Å². The van der Waals surface area contributed by atoms with Crippen LogP contribution in [0, 0.1) is 0 Å². The van der Waals surface area contributed by atoms with Gasteiger partial charge in [0.25, 0.3) is 0 Å². The first-order valence-electron chi connectivity index (χ1n) is 4.87. The van der Waals surface area contributed by atoms with E-state index in [0.29, 0.717) is 0 Å². The molecule has 0 heterocycles. The van der Waals surface area contributed by atoms with Crippen LogP contribution in [-0.4, -0.2) is 47.0 Å². The van der Waals surface area contributed by atoms with Gasteiger partial charge in [-0.3, -0.25) is 0 Å². The van der Waals surface area contributed by atoms with E-state index in [9.17, 15) is 0 Å². The Kier molecular flexibility index (Phi) is 10.9. The van der Waals surface area contributed by atoms with Crippen molar-refractivity contribution in [2.45, 2.75) is 27.7 Å². The molecule has 0 amide bonds. The van der Waals surface area contributed by atoms with Crippen molar-refractivity contribution in [2.75, 3.05) is 24.6 Å². The Balaban J connectivity index is 0. The van der Waals surface area contributed by atoms with Crippen molar-refractivity contribution < 1.29 is 15.1 Å². The molecule has 0 aliphatic heterocycles. The first-order valence-corrected chi connectivity index (χ1v) is 7.40. The highest BCUT2D eigenvalue weighted by Crippen LogP contribution is 2.57. The quantitative estimate of drug-likeness (QED) is 0.478. The van der Waals surface area contributed by atoms with Crippen LogP contribution in [0.5, 0.6) is 0 Å². The molecule has 0 aromatic rings. The molecule has 0 saturated carbocycles. The Morgan fingerprint density at radius 3 is 0.923 bits per heavy atom. The Morgan fingerprint density at radius 2 is 0.923 bits per heavy atom. The summed E-state index contributed by atoms with van der Waals surface area (Å²) < 4.78 is 0. The minimum absolute atomic E-state index is 0.420. The zero-order valence-electron chi connectivity index (χ0n) is 9.19. The third-order valence-electron chi connectivity index (χ3n) is 2.68. The molecule has 0 bridgehead atoms. The maximum Gasteiger partial charge on any atom is 0.631 e. The van der Waals surface area contributed by atoms with E-state index in [1.54, 1.807) is 0 Å². The summed E-state index contributed by atoms with van der Waals surface area (Å²) in [6, 6.07) is 0. The summed E-state index contributed by atoms with van der Waals surface area (Å²) in [5, 5.41) is 21.5. The van der Waals surface area contributed by atoms with Crippen LogP contribution >= 0.6 is 7.26 Å². The predicted octanol–water partition coefficient (Wildman–Crippen LogP) is 1.03. The van der Waals surface area contributed by atoms with Gasteiger partial charge in [0, 0.05) is 7.26 Å².